The van der Waals surface area contributed by atoms with Gasteiger partial charge in [-0.2, -0.15) is 0 Å². The van der Waals surface area contributed by atoms with Crippen LogP contribution in [0.3, 0.4) is 0 Å². The zero-order valence-electron chi connectivity index (χ0n) is 17.5. The number of nitrogens with one attached hydrogen (secondary N) is 1. The second-order valence-electron chi connectivity index (χ2n) is 7.24. The minimum absolute atomic E-state index is 0.0708. The molecule has 0 bridgehead atoms. The van der Waals surface area contributed by atoms with E-state index in [-0.39, 0.29) is 17.4 Å². The molecular weight excluding hydrogens is 396 g/mol. The van der Waals surface area contributed by atoms with E-state index in [2.05, 4.69) is 15.0 Å². The first-order chi connectivity index (χ1) is 15.1. The first kappa shape index (κ1) is 20.6. The van der Waals surface area contributed by atoms with Gasteiger partial charge in [0.2, 0.25) is 5.88 Å². The Morgan fingerprint density at radius 3 is 2.90 bits per heavy atom. The summed E-state index contributed by atoms with van der Waals surface area (Å²) >= 11 is 0. The molecule has 1 fully saturated rings. The first-order valence-electron chi connectivity index (χ1n) is 10.2. The van der Waals surface area contributed by atoms with Gasteiger partial charge in [0.1, 0.15) is 11.6 Å². The Balaban J connectivity index is 1.58. The topological polar surface area (TPSA) is 97.4 Å². The summed E-state index contributed by atoms with van der Waals surface area (Å²) < 4.78 is 10.9. The average molecular weight is 420 g/mol. The van der Waals surface area contributed by atoms with Gasteiger partial charge >= 0.3 is 0 Å². The maximum absolute atomic E-state index is 13.1. The number of para-hydroxylation sites is 1. The highest BCUT2D eigenvalue weighted by Gasteiger charge is 2.31. The molecule has 0 spiro atoms. The van der Waals surface area contributed by atoms with Crippen molar-refractivity contribution in [3.05, 3.63) is 70.4 Å². The van der Waals surface area contributed by atoms with Gasteiger partial charge < -0.3 is 19.4 Å². The summed E-state index contributed by atoms with van der Waals surface area (Å²) in [6.45, 7) is 3.42. The number of nitrogens with zero attached hydrogens (tertiary/aromatic N) is 3. The summed E-state index contributed by atoms with van der Waals surface area (Å²) in [4.78, 5) is 38.9. The zero-order valence-corrected chi connectivity index (χ0v) is 17.5. The quantitative estimate of drug-likeness (QED) is 0.659. The molecule has 1 aliphatic rings. The summed E-state index contributed by atoms with van der Waals surface area (Å²) in [5.74, 6) is 1.39. The van der Waals surface area contributed by atoms with E-state index >= 15 is 0 Å². The lowest BCUT2D eigenvalue weighted by Crippen LogP contribution is -2.29. The molecule has 2 aromatic heterocycles. The molecule has 1 atom stereocenters. The second-order valence-corrected chi connectivity index (χ2v) is 7.24. The highest BCUT2D eigenvalue weighted by Crippen LogP contribution is 2.30. The number of methoxy groups -OCH3 is 1. The molecule has 4 rings (SSSR count). The largest absolute Gasteiger partial charge is 0.493 e. The van der Waals surface area contributed by atoms with Crippen molar-refractivity contribution in [1.29, 1.82) is 0 Å². The van der Waals surface area contributed by atoms with Crippen LogP contribution in [0.15, 0.2) is 53.5 Å². The lowest BCUT2D eigenvalue weighted by Gasteiger charge is -2.18. The van der Waals surface area contributed by atoms with E-state index in [4.69, 9.17) is 9.47 Å². The third-order valence-corrected chi connectivity index (χ3v) is 5.28. The van der Waals surface area contributed by atoms with Crippen molar-refractivity contribution < 1.29 is 14.3 Å². The molecular formula is C23H24N4O4. The van der Waals surface area contributed by atoms with Gasteiger partial charge in [-0.15, -0.1) is 0 Å². The van der Waals surface area contributed by atoms with Crippen molar-refractivity contribution in [3.8, 4) is 22.9 Å². The molecule has 0 saturated carbocycles. The highest BCUT2D eigenvalue weighted by atomic mass is 16.5. The first-order valence-corrected chi connectivity index (χ1v) is 10.2. The molecule has 8 heteroatoms. The maximum Gasteiger partial charge on any atom is 0.257 e. The van der Waals surface area contributed by atoms with Crippen LogP contribution in [-0.4, -0.2) is 52.6 Å². The fourth-order valence-electron chi connectivity index (χ4n) is 3.82. The number of aromatic amines is 1. The van der Waals surface area contributed by atoms with Crippen LogP contribution in [0.2, 0.25) is 0 Å². The van der Waals surface area contributed by atoms with Crippen LogP contribution >= 0.6 is 0 Å². The van der Waals surface area contributed by atoms with Crippen LogP contribution < -0.4 is 15.0 Å². The van der Waals surface area contributed by atoms with Gasteiger partial charge in [0, 0.05) is 31.3 Å². The number of hydrogen-bond acceptors (Lipinski definition) is 6. The summed E-state index contributed by atoms with van der Waals surface area (Å²) in [7, 11) is 1.53. The van der Waals surface area contributed by atoms with Gasteiger partial charge in [0.25, 0.3) is 11.5 Å². The minimum Gasteiger partial charge on any atom is -0.493 e. The summed E-state index contributed by atoms with van der Waals surface area (Å²) in [6, 6.07) is 12.3. The van der Waals surface area contributed by atoms with E-state index in [0.29, 0.717) is 60.4 Å². The summed E-state index contributed by atoms with van der Waals surface area (Å²) in [5.41, 5.74) is 1.43. The number of likely N-dealkylation sites (tertiary alicyclic amines) is 1. The smallest absolute Gasteiger partial charge is 0.257 e. The number of amides is 1. The van der Waals surface area contributed by atoms with Gasteiger partial charge in [-0.25, -0.2) is 9.97 Å². The second kappa shape index (κ2) is 8.99. The van der Waals surface area contributed by atoms with Crippen molar-refractivity contribution in [2.24, 2.45) is 0 Å². The van der Waals surface area contributed by atoms with Gasteiger partial charge in [0.15, 0.2) is 0 Å². The lowest BCUT2D eigenvalue weighted by atomic mass is 10.1. The highest BCUT2D eigenvalue weighted by molar-refractivity contribution is 5.97. The number of carbonyl (C=O) groups excluding carboxylic acids is 1. The predicted molar refractivity (Wildman–Crippen MR) is 116 cm³/mol. The fourth-order valence-corrected chi connectivity index (χ4v) is 3.82. The Kier molecular flexibility index (Phi) is 5.97. The third-order valence-electron chi connectivity index (χ3n) is 5.28. The molecule has 0 radical (unpaired) electrons. The standard InChI is InChI=1S/C23H24N4O4/c1-3-31-19-9-5-4-7-17(19)23(29)27-12-10-15(14-27)21-25-18(13-20(28)26-21)16-8-6-11-24-22(16)30-2/h4-9,11,13,15H,3,10,12,14H2,1-2H3,(H,25,26,28). The van der Waals surface area contributed by atoms with Crippen molar-refractivity contribution in [1.82, 2.24) is 19.9 Å². The Labute approximate surface area is 179 Å². The number of pyridine rings is 1. The van der Waals surface area contributed by atoms with Gasteiger partial charge in [0.05, 0.1) is 30.5 Å². The molecule has 1 aliphatic heterocycles. The van der Waals surface area contributed by atoms with E-state index in [1.54, 1.807) is 29.3 Å². The number of benzene rings is 1. The molecule has 1 aromatic carbocycles. The van der Waals surface area contributed by atoms with Crippen LogP contribution in [-0.2, 0) is 0 Å². The molecule has 8 nitrogen and oxygen atoms in total. The lowest BCUT2D eigenvalue weighted by molar-refractivity contribution is 0.0786. The molecule has 31 heavy (non-hydrogen) atoms. The van der Waals surface area contributed by atoms with Crippen LogP contribution in [0.25, 0.3) is 11.3 Å². The van der Waals surface area contributed by atoms with E-state index in [1.807, 2.05) is 25.1 Å². The van der Waals surface area contributed by atoms with Gasteiger partial charge in [-0.05, 0) is 37.6 Å². The Bertz CT molecular complexity index is 1140. The number of aromatic nitrogens is 3. The minimum atomic E-state index is -0.252. The Hall–Kier alpha value is -3.68. The number of H-pyrrole nitrogens is 1. The van der Waals surface area contributed by atoms with Crippen molar-refractivity contribution in [2.45, 2.75) is 19.3 Å². The SMILES string of the molecule is CCOc1ccccc1C(=O)N1CCC(c2nc(-c3cccnc3OC)cc(=O)[nH]2)C1. The van der Waals surface area contributed by atoms with E-state index < -0.39 is 0 Å². The fraction of sp³-hybridized carbons (Fsp3) is 0.304. The van der Waals surface area contributed by atoms with Gasteiger partial charge in [-0.3, -0.25) is 9.59 Å². The van der Waals surface area contributed by atoms with Crippen molar-refractivity contribution in [2.75, 3.05) is 26.8 Å². The summed E-state index contributed by atoms with van der Waals surface area (Å²) in [5, 5.41) is 0. The molecule has 3 heterocycles. The van der Waals surface area contributed by atoms with Crippen LogP contribution in [0.5, 0.6) is 11.6 Å². The van der Waals surface area contributed by atoms with E-state index in [0.717, 1.165) is 0 Å². The number of ether oxygens (including phenoxy) is 2. The van der Waals surface area contributed by atoms with Crippen molar-refractivity contribution >= 4 is 5.91 Å². The molecule has 1 unspecified atom stereocenters. The van der Waals surface area contributed by atoms with Crippen molar-refractivity contribution in [3.63, 3.8) is 0 Å². The number of carbonyl (C=O) groups is 1. The van der Waals surface area contributed by atoms with Crippen LogP contribution in [0, 0.1) is 0 Å². The maximum atomic E-state index is 13.1. The zero-order chi connectivity index (χ0) is 21.8. The molecule has 1 N–H and O–H groups in total. The molecule has 0 aliphatic carbocycles. The van der Waals surface area contributed by atoms with Gasteiger partial charge in [-0.1, -0.05) is 12.1 Å². The summed E-state index contributed by atoms with van der Waals surface area (Å²) in [6.07, 6.45) is 2.33. The molecule has 1 amide bonds. The monoisotopic (exact) mass is 420 g/mol. The van der Waals surface area contributed by atoms with E-state index in [9.17, 15) is 9.59 Å². The number of rotatable bonds is 6. The average Bonchev–Trinajstić information content (AvgIpc) is 3.29. The van der Waals surface area contributed by atoms with Crippen LogP contribution in [0.1, 0.15) is 35.4 Å². The normalized spacial score (nSPS) is 15.7. The Morgan fingerprint density at radius 1 is 1.26 bits per heavy atom. The molecule has 3 aromatic rings. The third kappa shape index (κ3) is 4.28. The molecule has 1 saturated heterocycles. The molecule has 160 valence electrons. The van der Waals surface area contributed by atoms with E-state index in [1.165, 1.54) is 13.2 Å². The predicted octanol–water partition coefficient (Wildman–Crippen LogP) is 2.87. The van der Waals surface area contributed by atoms with Crippen LogP contribution in [0.4, 0.5) is 0 Å². The Morgan fingerprint density at radius 2 is 2.10 bits per heavy atom. The number of hydrogen-bond donors (Lipinski definition) is 1.